The summed E-state index contributed by atoms with van der Waals surface area (Å²) in [5, 5.41) is 2.93. The van der Waals surface area contributed by atoms with Crippen LogP contribution in [0.5, 0.6) is 5.75 Å². The van der Waals surface area contributed by atoms with Gasteiger partial charge in [-0.05, 0) is 55.3 Å². The molecule has 5 heteroatoms. The van der Waals surface area contributed by atoms with E-state index in [1.165, 1.54) is 51.4 Å². The monoisotopic (exact) mass is 425 g/mol. The van der Waals surface area contributed by atoms with Gasteiger partial charge in [0.05, 0.1) is 0 Å². The predicted molar refractivity (Wildman–Crippen MR) is 131 cm³/mol. The van der Waals surface area contributed by atoms with Gasteiger partial charge in [0.15, 0.2) is 6.10 Å². The number of nitrogens with one attached hydrogen (secondary N) is 1. The van der Waals surface area contributed by atoms with E-state index in [0.29, 0.717) is 29.2 Å². The van der Waals surface area contributed by atoms with Gasteiger partial charge in [0.1, 0.15) is 5.75 Å². The number of carbonyl (C=O) groups excluding carboxylic acids is 1. The van der Waals surface area contributed by atoms with Crippen LogP contribution in [0.4, 0.5) is 17.1 Å². The first-order valence-corrected chi connectivity index (χ1v) is 11.8. The van der Waals surface area contributed by atoms with E-state index in [2.05, 4.69) is 12.2 Å². The number of benzene rings is 2. The molecule has 0 bridgehead atoms. The van der Waals surface area contributed by atoms with Crippen LogP contribution in [0.1, 0.15) is 77.6 Å². The first kappa shape index (κ1) is 24.6. The van der Waals surface area contributed by atoms with Crippen LogP contribution in [0.25, 0.3) is 0 Å². The summed E-state index contributed by atoms with van der Waals surface area (Å²) in [5.74, 6) is 0.493. The highest BCUT2D eigenvalue weighted by molar-refractivity contribution is 5.94. The van der Waals surface area contributed by atoms with Gasteiger partial charge in [-0.15, -0.1) is 0 Å². The molecule has 0 heterocycles. The van der Waals surface area contributed by atoms with E-state index >= 15 is 0 Å². The minimum absolute atomic E-state index is 0.154. The molecule has 2 aromatic rings. The van der Waals surface area contributed by atoms with E-state index in [-0.39, 0.29) is 5.91 Å². The van der Waals surface area contributed by atoms with Crippen molar-refractivity contribution in [3.63, 3.8) is 0 Å². The molecule has 31 heavy (non-hydrogen) atoms. The Bertz CT molecular complexity index is 762. The van der Waals surface area contributed by atoms with Crippen molar-refractivity contribution < 1.29 is 9.53 Å². The molecule has 0 saturated heterocycles. The van der Waals surface area contributed by atoms with Crippen LogP contribution in [0.2, 0.25) is 0 Å². The third kappa shape index (κ3) is 10.3. The van der Waals surface area contributed by atoms with Gasteiger partial charge in [0, 0.05) is 17.1 Å². The molecule has 0 aromatic heterocycles. The lowest BCUT2D eigenvalue weighted by Gasteiger charge is -2.19. The lowest BCUT2D eigenvalue weighted by Crippen LogP contribution is -2.33. The van der Waals surface area contributed by atoms with Crippen LogP contribution in [0.3, 0.4) is 0 Å². The average molecular weight is 426 g/mol. The van der Waals surface area contributed by atoms with E-state index in [4.69, 9.17) is 16.2 Å². The summed E-state index contributed by atoms with van der Waals surface area (Å²) in [6.07, 6.45) is 12.7. The Morgan fingerprint density at radius 1 is 0.839 bits per heavy atom. The number of amides is 1. The Labute approximate surface area is 187 Å². The first-order valence-electron chi connectivity index (χ1n) is 11.8. The minimum Gasteiger partial charge on any atom is -0.481 e. The summed E-state index contributed by atoms with van der Waals surface area (Å²) in [6.45, 7) is 2.25. The molecule has 1 unspecified atom stereocenters. The van der Waals surface area contributed by atoms with E-state index in [0.717, 1.165) is 12.8 Å². The molecule has 0 aliphatic carbocycles. The second-order valence-electron chi connectivity index (χ2n) is 8.26. The fraction of sp³-hybridized carbons (Fsp3) is 0.500. The van der Waals surface area contributed by atoms with Crippen LogP contribution in [0, 0.1) is 0 Å². The second kappa shape index (κ2) is 14.3. The number of hydrogen-bond donors (Lipinski definition) is 3. The molecule has 0 aliphatic heterocycles. The molecule has 5 nitrogen and oxygen atoms in total. The number of carbonyl (C=O) groups is 1. The number of hydrogen-bond acceptors (Lipinski definition) is 4. The van der Waals surface area contributed by atoms with Crippen molar-refractivity contribution in [3.8, 4) is 5.75 Å². The molecular weight excluding hydrogens is 386 g/mol. The Morgan fingerprint density at radius 2 is 1.45 bits per heavy atom. The normalized spacial score (nSPS) is 11.8. The summed E-state index contributed by atoms with van der Waals surface area (Å²) in [7, 11) is 0. The van der Waals surface area contributed by atoms with Crippen molar-refractivity contribution >= 4 is 23.0 Å². The molecule has 2 rings (SSSR count). The molecule has 0 fully saturated rings. The maximum atomic E-state index is 12.9. The number of nitrogens with two attached hydrogens (primary N) is 2. The molecule has 0 spiro atoms. The van der Waals surface area contributed by atoms with E-state index in [1.54, 1.807) is 36.4 Å². The van der Waals surface area contributed by atoms with Gasteiger partial charge in [-0.3, -0.25) is 4.79 Å². The third-order valence-electron chi connectivity index (χ3n) is 5.42. The summed E-state index contributed by atoms with van der Waals surface area (Å²) in [5.41, 5.74) is 13.5. The number of ether oxygens (including phenoxy) is 1. The second-order valence-corrected chi connectivity index (χ2v) is 8.26. The first-order chi connectivity index (χ1) is 15.1. The smallest absolute Gasteiger partial charge is 0.265 e. The van der Waals surface area contributed by atoms with E-state index < -0.39 is 6.10 Å². The molecule has 0 radical (unpaired) electrons. The van der Waals surface area contributed by atoms with Gasteiger partial charge >= 0.3 is 0 Å². The highest BCUT2D eigenvalue weighted by atomic mass is 16.5. The molecule has 1 atom stereocenters. The fourth-order valence-electron chi connectivity index (χ4n) is 3.61. The molecule has 2 aromatic carbocycles. The predicted octanol–water partition coefficient (Wildman–Crippen LogP) is 6.55. The summed E-state index contributed by atoms with van der Waals surface area (Å²) < 4.78 is 6.02. The molecule has 0 aliphatic rings. The lowest BCUT2D eigenvalue weighted by molar-refractivity contribution is -0.123. The number of anilines is 3. The molecular formula is C26H39N3O2. The third-order valence-corrected chi connectivity index (χ3v) is 5.42. The maximum Gasteiger partial charge on any atom is 0.265 e. The van der Waals surface area contributed by atoms with Crippen LogP contribution < -0.4 is 21.5 Å². The molecule has 5 N–H and O–H groups in total. The van der Waals surface area contributed by atoms with Gasteiger partial charge in [0.25, 0.3) is 5.91 Å². The van der Waals surface area contributed by atoms with Crippen molar-refractivity contribution in [1.82, 2.24) is 0 Å². The van der Waals surface area contributed by atoms with Gasteiger partial charge in [-0.2, -0.15) is 0 Å². The van der Waals surface area contributed by atoms with Crippen LogP contribution in [0.15, 0.2) is 48.5 Å². The van der Waals surface area contributed by atoms with Crippen molar-refractivity contribution in [2.75, 3.05) is 16.8 Å². The Balaban J connectivity index is 1.80. The summed E-state index contributed by atoms with van der Waals surface area (Å²) in [4.78, 5) is 12.9. The number of unbranched alkanes of at least 4 members (excludes halogenated alkanes) is 9. The highest BCUT2D eigenvalue weighted by Crippen LogP contribution is 2.20. The number of nitrogen functional groups attached to an aromatic ring is 2. The largest absolute Gasteiger partial charge is 0.481 e. The average Bonchev–Trinajstić information content (AvgIpc) is 2.75. The van der Waals surface area contributed by atoms with Gasteiger partial charge in [-0.25, -0.2) is 0 Å². The van der Waals surface area contributed by atoms with Crippen molar-refractivity contribution in [1.29, 1.82) is 0 Å². The fourth-order valence-corrected chi connectivity index (χ4v) is 3.61. The van der Waals surface area contributed by atoms with E-state index in [1.807, 2.05) is 12.1 Å². The van der Waals surface area contributed by atoms with Crippen molar-refractivity contribution in [3.05, 3.63) is 48.5 Å². The molecule has 170 valence electrons. The zero-order valence-electron chi connectivity index (χ0n) is 18.9. The summed E-state index contributed by atoms with van der Waals surface area (Å²) in [6, 6.07) is 14.4. The Morgan fingerprint density at radius 3 is 2.06 bits per heavy atom. The van der Waals surface area contributed by atoms with Crippen molar-refractivity contribution in [2.24, 2.45) is 0 Å². The van der Waals surface area contributed by atoms with E-state index in [9.17, 15) is 4.79 Å². The quantitative estimate of drug-likeness (QED) is 0.223. The zero-order valence-corrected chi connectivity index (χ0v) is 18.9. The number of rotatable bonds is 15. The van der Waals surface area contributed by atoms with Crippen LogP contribution >= 0.6 is 0 Å². The van der Waals surface area contributed by atoms with Gasteiger partial charge < -0.3 is 21.5 Å². The Hall–Kier alpha value is -2.69. The van der Waals surface area contributed by atoms with Crippen LogP contribution in [-0.4, -0.2) is 12.0 Å². The molecule has 0 saturated carbocycles. The van der Waals surface area contributed by atoms with Crippen molar-refractivity contribution in [2.45, 2.75) is 83.7 Å². The summed E-state index contributed by atoms with van der Waals surface area (Å²) >= 11 is 0. The highest BCUT2D eigenvalue weighted by Gasteiger charge is 2.20. The standard InChI is InChI=1S/C26H39N3O2/c1-2-3-4-5-6-7-8-9-10-11-15-25(31-24-18-16-21(27)17-19-24)26(30)29-23-14-12-13-22(28)20-23/h12-14,16-20,25H,2-11,15,27-28H2,1H3,(H,29,30). The maximum absolute atomic E-state index is 12.9. The Kier molecular flexibility index (Phi) is 11.4. The zero-order chi connectivity index (χ0) is 22.3. The SMILES string of the molecule is CCCCCCCCCCCCC(Oc1ccc(N)cc1)C(=O)Nc1cccc(N)c1. The van der Waals surface area contributed by atoms with Gasteiger partial charge in [0.2, 0.25) is 0 Å². The molecule has 1 amide bonds. The lowest BCUT2D eigenvalue weighted by atomic mass is 10.0. The van der Waals surface area contributed by atoms with Crippen LogP contribution in [-0.2, 0) is 4.79 Å². The minimum atomic E-state index is -0.556. The van der Waals surface area contributed by atoms with Gasteiger partial charge in [-0.1, -0.05) is 70.8 Å². The topological polar surface area (TPSA) is 90.4 Å².